The van der Waals surface area contributed by atoms with Gasteiger partial charge in [-0.15, -0.1) is 0 Å². The number of halogens is 2. The molecule has 1 saturated heterocycles. The number of benzene rings is 1. The van der Waals surface area contributed by atoms with Crippen LogP contribution in [0.4, 0.5) is 0 Å². The fraction of sp³-hybridized carbons (Fsp3) is 0.462. The Bertz CT molecular complexity index is 663. The van der Waals surface area contributed by atoms with Crippen molar-refractivity contribution in [1.29, 1.82) is 0 Å². The predicted molar refractivity (Wildman–Crippen MR) is 87.1 cm³/mol. The van der Waals surface area contributed by atoms with Crippen LogP contribution in [-0.4, -0.2) is 31.2 Å². The number of carbonyl (C=O) groups is 1. The highest BCUT2D eigenvalue weighted by Gasteiger charge is 2.37. The van der Waals surface area contributed by atoms with Crippen molar-refractivity contribution in [2.75, 3.05) is 6.54 Å². The Kier molecular flexibility index (Phi) is 5.12. The lowest BCUT2D eigenvalue weighted by atomic mass is 9.95. The Morgan fingerprint density at radius 1 is 1.33 bits per heavy atom. The molecular formula is C13H16Br2N2O3S. The number of hydrogen-bond donors (Lipinski definition) is 1. The lowest BCUT2D eigenvalue weighted by Crippen LogP contribution is -2.48. The highest BCUT2D eigenvalue weighted by atomic mass is 79.9. The van der Waals surface area contributed by atoms with Gasteiger partial charge in [0.15, 0.2) is 0 Å². The number of piperidine rings is 1. The molecule has 21 heavy (non-hydrogen) atoms. The van der Waals surface area contributed by atoms with Gasteiger partial charge in [0.2, 0.25) is 15.9 Å². The molecular weight excluding hydrogens is 424 g/mol. The van der Waals surface area contributed by atoms with E-state index in [9.17, 15) is 13.2 Å². The second kappa shape index (κ2) is 6.36. The van der Waals surface area contributed by atoms with Crippen LogP contribution < -0.4 is 5.73 Å². The van der Waals surface area contributed by atoms with Crippen LogP contribution >= 0.6 is 31.9 Å². The molecule has 2 rings (SSSR count). The van der Waals surface area contributed by atoms with E-state index in [1.165, 1.54) is 4.31 Å². The highest BCUT2D eigenvalue weighted by molar-refractivity contribution is 9.11. The van der Waals surface area contributed by atoms with Crippen LogP contribution in [-0.2, 0) is 14.8 Å². The molecule has 0 unspecified atom stereocenters. The van der Waals surface area contributed by atoms with E-state index in [-0.39, 0.29) is 17.5 Å². The van der Waals surface area contributed by atoms with E-state index in [1.807, 2.05) is 6.92 Å². The third kappa shape index (κ3) is 3.49. The van der Waals surface area contributed by atoms with Crippen molar-refractivity contribution in [3.05, 3.63) is 27.1 Å². The smallest absolute Gasteiger partial charge is 0.244 e. The van der Waals surface area contributed by atoms with E-state index < -0.39 is 21.8 Å². The Balaban J connectivity index is 2.42. The standard InChI is InChI=1S/C13H16Br2N2O3S/c1-8-2-3-9(13(16)18)7-17(8)21(19,20)12-6-10(14)4-5-11(12)15/h4-6,8-9H,2-3,7H2,1H3,(H2,16,18)/t8-,9+/m0/s1. The first kappa shape index (κ1) is 16.9. The van der Waals surface area contributed by atoms with Gasteiger partial charge in [-0.3, -0.25) is 4.79 Å². The van der Waals surface area contributed by atoms with E-state index in [0.29, 0.717) is 21.8 Å². The van der Waals surface area contributed by atoms with Crippen LogP contribution in [0.5, 0.6) is 0 Å². The molecule has 1 aliphatic heterocycles. The summed E-state index contributed by atoms with van der Waals surface area (Å²) < 4.78 is 28.3. The number of nitrogens with zero attached hydrogens (tertiary/aromatic N) is 1. The Morgan fingerprint density at radius 2 is 2.00 bits per heavy atom. The van der Waals surface area contributed by atoms with Crippen molar-refractivity contribution in [2.45, 2.75) is 30.7 Å². The second-order valence-electron chi connectivity index (χ2n) is 5.18. The molecule has 2 atom stereocenters. The normalized spacial score (nSPS) is 24.0. The minimum atomic E-state index is -3.68. The first-order valence-electron chi connectivity index (χ1n) is 6.49. The quantitative estimate of drug-likeness (QED) is 0.785. The molecule has 2 N–H and O–H groups in total. The van der Waals surface area contributed by atoms with Gasteiger partial charge < -0.3 is 5.73 Å². The van der Waals surface area contributed by atoms with Crippen LogP contribution in [0.2, 0.25) is 0 Å². The Morgan fingerprint density at radius 3 is 2.62 bits per heavy atom. The third-order valence-corrected chi connectivity index (χ3v) is 7.17. The molecule has 0 spiro atoms. The molecule has 0 radical (unpaired) electrons. The van der Waals surface area contributed by atoms with Crippen molar-refractivity contribution in [3.63, 3.8) is 0 Å². The van der Waals surface area contributed by atoms with E-state index >= 15 is 0 Å². The maximum Gasteiger partial charge on any atom is 0.244 e. The van der Waals surface area contributed by atoms with Crippen molar-refractivity contribution >= 4 is 47.8 Å². The number of carbonyl (C=O) groups excluding carboxylic acids is 1. The van der Waals surface area contributed by atoms with Crippen LogP contribution in [0.15, 0.2) is 32.0 Å². The summed E-state index contributed by atoms with van der Waals surface area (Å²) in [5.41, 5.74) is 5.33. The topological polar surface area (TPSA) is 80.5 Å². The average Bonchev–Trinajstić information content (AvgIpc) is 2.41. The molecule has 1 aromatic rings. The summed E-state index contributed by atoms with van der Waals surface area (Å²) >= 11 is 6.56. The van der Waals surface area contributed by atoms with Crippen molar-refractivity contribution in [1.82, 2.24) is 4.31 Å². The van der Waals surface area contributed by atoms with E-state index in [1.54, 1.807) is 18.2 Å². The molecule has 1 fully saturated rings. The molecule has 1 aliphatic rings. The minimum Gasteiger partial charge on any atom is -0.369 e. The molecule has 1 heterocycles. The van der Waals surface area contributed by atoms with E-state index in [0.717, 1.165) is 0 Å². The van der Waals surface area contributed by atoms with Gasteiger partial charge in [-0.25, -0.2) is 8.42 Å². The van der Waals surface area contributed by atoms with Crippen LogP contribution in [0.3, 0.4) is 0 Å². The van der Waals surface area contributed by atoms with Gasteiger partial charge in [0, 0.05) is 21.5 Å². The van der Waals surface area contributed by atoms with E-state index in [2.05, 4.69) is 31.9 Å². The number of sulfonamides is 1. The molecule has 1 aromatic carbocycles. The fourth-order valence-corrected chi connectivity index (χ4v) is 5.61. The lowest BCUT2D eigenvalue weighted by Gasteiger charge is -2.36. The van der Waals surface area contributed by atoms with Crippen molar-refractivity contribution in [3.8, 4) is 0 Å². The maximum atomic E-state index is 12.9. The van der Waals surface area contributed by atoms with Gasteiger partial charge in [-0.1, -0.05) is 15.9 Å². The zero-order valence-corrected chi connectivity index (χ0v) is 15.4. The predicted octanol–water partition coefficient (Wildman–Crippen LogP) is 2.49. The van der Waals surface area contributed by atoms with Gasteiger partial charge in [0.05, 0.1) is 10.8 Å². The summed E-state index contributed by atoms with van der Waals surface area (Å²) in [5, 5.41) is 0. The van der Waals surface area contributed by atoms with Crippen LogP contribution in [0.1, 0.15) is 19.8 Å². The molecule has 0 bridgehead atoms. The highest BCUT2D eigenvalue weighted by Crippen LogP contribution is 2.32. The molecule has 0 aliphatic carbocycles. The molecule has 0 saturated carbocycles. The largest absolute Gasteiger partial charge is 0.369 e. The van der Waals surface area contributed by atoms with Gasteiger partial charge in [-0.05, 0) is 53.9 Å². The summed E-state index contributed by atoms with van der Waals surface area (Å²) in [6, 6.07) is 4.84. The second-order valence-corrected chi connectivity index (χ2v) is 8.80. The summed E-state index contributed by atoms with van der Waals surface area (Å²) in [7, 11) is -3.68. The molecule has 116 valence electrons. The summed E-state index contributed by atoms with van der Waals surface area (Å²) in [6.45, 7) is 1.98. The Hall–Kier alpha value is -0.440. The van der Waals surface area contributed by atoms with Gasteiger partial charge >= 0.3 is 0 Å². The van der Waals surface area contributed by atoms with Crippen molar-refractivity contribution in [2.24, 2.45) is 11.7 Å². The Labute approximate surface area is 141 Å². The first-order valence-corrected chi connectivity index (χ1v) is 9.52. The van der Waals surface area contributed by atoms with Gasteiger partial charge in [0.1, 0.15) is 0 Å². The number of hydrogen-bond acceptors (Lipinski definition) is 3. The minimum absolute atomic E-state index is 0.137. The molecule has 8 heteroatoms. The maximum absolute atomic E-state index is 12.9. The number of amides is 1. The van der Waals surface area contributed by atoms with Crippen LogP contribution in [0.25, 0.3) is 0 Å². The van der Waals surface area contributed by atoms with Gasteiger partial charge in [-0.2, -0.15) is 4.31 Å². The average molecular weight is 440 g/mol. The zero-order chi connectivity index (χ0) is 15.8. The summed E-state index contributed by atoms with van der Waals surface area (Å²) in [5.74, 6) is -0.877. The monoisotopic (exact) mass is 438 g/mol. The summed E-state index contributed by atoms with van der Waals surface area (Å²) in [4.78, 5) is 11.6. The van der Waals surface area contributed by atoms with Crippen molar-refractivity contribution < 1.29 is 13.2 Å². The number of rotatable bonds is 3. The number of nitrogens with two attached hydrogens (primary N) is 1. The lowest BCUT2D eigenvalue weighted by molar-refractivity contribution is -0.123. The van der Waals surface area contributed by atoms with E-state index in [4.69, 9.17) is 5.73 Å². The molecule has 1 amide bonds. The fourth-order valence-electron chi connectivity index (χ4n) is 2.44. The molecule has 5 nitrogen and oxygen atoms in total. The SMILES string of the molecule is C[C@H]1CC[C@@H](C(N)=O)CN1S(=O)(=O)c1cc(Br)ccc1Br. The van der Waals surface area contributed by atoms with Gasteiger partial charge in [0.25, 0.3) is 0 Å². The zero-order valence-electron chi connectivity index (χ0n) is 11.4. The third-order valence-electron chi connectivity index (χ3n) is 3.71. The summed E-state index contributed by atoms with van der Waals surface area (Å²) in [6.07, 6.45) is 1.25. The molecule has 0 aromatic heterocycles. The first-order chi connectivity index (χ1) is 9.73. The van der Waals surface area contributed by atoms with Crippen LogP contribution in [0, 0.1) is 5.92 Å². The number of primary amides is 1.